The quantitative estimate of drug-likeness (QED) is 0.672. The number of likely N-dealkylation sites (tertiary alicyclic amines) is 1. The maximum absolute atomic E-state index is 12.7. The Kier molecular flexibility index (Phi) is 4.19. The van der Waals surface area contributed by atoms with Crippen LogP contribution in [0, 0.1) is 0 Å². The van der Waals surface area contributed by atoms with E-state index in [1.54, 1.807) is 29.5 Å². The van der Waals surface area contributed by atoms with Crippen molar-refractivity contribution in [2.24, 2.45) is 0 Å². The van der Waals surface area contributed by atoms with Crippen molar-refractivity contribution < 1.29 is 4.79 Å². The number of hydrogen-bond donors (Lipinski definition) is 3. The van der Waals surface area contributed by atoms with E-state index in [1.807, 2.05) is 6.92 Å². The Morgan fingerprint density at radius 1 is 1.32 bits per heavy atom. The highest BCUT2D eigenvalue weighted by Crippen LogP contribution is 2.36. The number of H-pyrrole nitrogens is 2. The van der Waals surface area contributed by atoms with E-state index in [-0.39, 0.29) is 17.6 Å². The van der Waals surface area contributed by atoms with E-state index in [4.69, 9.17) is 0 Å². The van der Waals surface area contributed by atoms with Crippen molar-refractivity contribution in [1.29, 1.82) is 0 Å². The first-order valence-corrected chi connectivity index (χ1v) is 9.32. The van der Waals surface area contributed by atoms with Crippen LogP contribution >= 0.6 is 11.3 Å². The molecule has 1 saturated heterocycles. The Morgan fingerprint density at radius 2 is 2.16 bits per heavy atom. The topological polar surface area (TPSA) is 81.0 Å². The van der Waals surface area contributed by atoms with Crippen molar-refractivity contribution in [2.45, 2.75) is 31.8 Å². The molecule has 0 saturated carbocycles. The number of carbonyl (C=O) groups excluding carboxylic acids is 1. The van der Waals surface area contributed by atoms with Crippen molar-refractivity contribution in [3.05, 3.63) is 51.1 Å². The zero-order valence-electron chi connectivity index (χ0n) is 13.9. The zero-order valence-corrected chi connectivity index (χ0v) is 14.7. The molecule has 1 aliphatic heterocycles. The average Bonchev–Trinajstić information content (AvgIpc) is 3.32. The molecule has 1 amide bonds. The molecule has 1 aliphatic rings. The van der Waals surface area contributed by atoms with Gasteiger partial charge in [-0.05, 0) is 56.0 Å². The van der Waals surface area contributed by atoms with Gasteiger partial charge in [-0.3, -0.25) is 9.69 Å². The van der Waals surface area contributed by atoms with Crippen LogP contribution in [0.15, 0.2) is 40.5 Å². The van der Waals surface area contributed by atoms with Crippen LogP contribution in [0.5, 0.6) is 0 Å². The number of rotatable bonds is 4. The van der Waals surface area contributed by atoms with Crippen LogP contribution in [0.25, 0.3) is 11.0 Å². The first-order valence-electron chi connectivity index (χ1n) is 8.44. The summed E-state index contributed by atoms with van der Waals surface area (Å²) < 4.78 is 0. The maximum atomic E-state index is 12.7. The molecule has 0 bridgehead atoms. The van der Waals surface area contributed by atoms with Crippen LogP contribution in [-0.4, -0.2) is 33.4 Å². The number of fused-ring (bicyclic) bond motifs is 1. The number of thiophene rings is 1. The highest BCUT2D eigenvalue weighted by atomic mass is 32.1. The second kappa shape index (κ2) is 6.50. The normalized spacial score (nSPS) is 19.3. The molecular formula is C18H20N4O2S. The summed E-state index contributed by atoms with van der Waals surface area (Å²) in [6.45, 7) is 2.89. The summed E-state index contributed by atoms with van der Waals surface area (Å²) in [5, 5.41) is 5.06. The summed E-state index contributed by atoms with van der Waals surface area (Å²) >= 11 is 1.75. The number of amides is 1. The van der Waals surface area contributed by atoms with Crippen molar-refractivity contribution in [2.75, 3.05) is 11.9 Å². The number of aromatic nitrogens is 2. The van der Waals surface area contributed by atoms with E-state index >= 15 is 0 Å². The summed E-state index contributed by atoms with van der Waals surface area (Å²) in [5.74, 6) is -0.0271. The number of nitrogens with one attached hydrogen (secondary N) is 3. The Hall–Kier alpha value is -2.38. The molecule has 4 rings (SSSR count). The first kappa shape index (κ1) is 16.1. The third kappa shape index (κ3) is 3.12. The first-order chi connectivity index (χ1) is 12.1. The van der Waals surface area contributed by atoms with Gasteiger partial charge in [-0.1, -0.05) is 6.07 Å². The molecule has 0 radical (unpaired) electrons. The molecule has 3 N–H and O–H groups in total. The van der Waals surface area contributed by atoms with E-state index in [9.17, 15) is 9.59 Å². The van der Waals surface area contributed by atoms with Crippen molar-refractivity contribution in [3.8, 4) is 0 Å². The summed E-state index contributed by atoms with van der Waals surface area (Å²) in [7, 11) is 0. The Bertz CT molecular complexity index is 944. The molecule has 0 aliphatic carbocycles. The third-order valence-corrected chi connectivity index (χ3v) is 5.80. The molecule has 3 heterocycles. The van der Waals surface area contributed by atoms with E-state index in [0.29, 0.717) is 17.2 Å². The Morgan fingerprint density at radius 3 is 2.96 bits per heavy atom. The number of benzene rings is 1. The number of imidazole rings is 1. The Labute approximate surface area is 148 Å². The van der Waals surface area contributed by atoms with Crippen LogP contribution < -0.4 is 11.0 Å². The van der Waals surface area contributed by atoms with Gasteiger partial charge in [0, 0.05) is 16.6 Å². The monoisotopic (exact) mass is 356 g/mol. The molecule has 25 heavy (non-hydrogen) atoms. The van der Waals surface area contributed by atoms with Gasteiger partial charge in [0.05, 0.1) is 17.1 Å². The third-order valence-electron chi connectivity index (χ3n) is 4.83. The summed E-state index contributed by atoms with van der Waals surface area (Å²) in [4.78, 5) is 33.1. The van der Waals surface area contributed by atoms with E-state index < -0.39 is 0 Å². The van der Waals surface area contributed by atoms with Gasteiger partial charge < -0.3 is 15.3 Å². The standard InChI is InChI=1S/C18H20N4O2S/c1-11(22-8-2-4-15(22)16-5-3-9-25-16)17(23)19-12-6-7-13-14(10-12)21-18(24)20-13/h3,5-7,9-11,15H,2,4,8H2,1H3,(H,19,23)(H2,20,21,24)/t11-,15-/m0/s1. The molecule has 130 valence electrons. The van der Waals surface area contributed by atoms with Gasteiger partial charge in [0.25, 0.3) is 0 Å². The minimum atomic E-state index is -0.247. The number of anilines is 1. The van der Waals surface area contributed by atoms with Crippen molar-refractivity contribution in [1.82, 2.24) is 14.9 Å². The lowest BCUT2D eigenvalue weighted by Crippen LogP contribution is -2.41. The Balaban J connectivity index is 1.50. The zero-order chi connectivity index (χ0) is 17.4. The highest BCUT2D eigenvalue weighted by molar-refractivity contribution is 7.10. The number of nitrogens with zero attached hydrogens (tertiary/aromatic N) is 1. The predicted octanol–water partition coefficient (Wildman–Crippen LogP) is 3.08. The number of hydrogen-bond acceptors (Lipinski definition) is 4. The smallest absolute Gasteiger partial charge is 0.323 e. The van der Waals surface area contributed by atoms with Crippen LogP contribution in [0.1, 0.15) is 30.7 Å². The summed E-state index contributed by atoms with van der Waals surface area (Å²) in [6, 6.07) is 9.69. The van der Waals surface area contributed by atoms with Crippen LogP contribution in [0.2, 0.25) is 0 Å². The molecule has 3 aromatic rings. The molecule has 6 nitrogen and oxygen atoms in total. The van der Waals surface area contributed by atoms with Gasteiger partial charge >= 0.3 is 5.69 Å². The fraction of sp³-hybridized carbons (Fsp3) is 0.333. The summed E-state index contributed by atoms with van der Waals surface area (Å²) in [5.41, 5.74) is 1.86. The largest absolute Gasteiger partial charge is 0.325 e. The molecule has 1 fully saturated rings. The fourth-order valence-corrected chi connectivity index (χ4v) is 4.43. The molecular weight excluding hydrogens is 336 g/mol. The van der Waals surface area contributed by atoms with E-state index in [2.05, 4.69) is 37.7 Å². The highest BCUT2D eigenvalue weighted by Gasteiger charge is 2.33. The van der Waals surface area contributed by atoms with Crippen molar-refractivity contribution >= 4 is 34.0 Å². The lowest BCUT2D eigenvalue weighted by molar-refractivity contribution is -0.121. The molecule has 7 heteroatoms. The molecule has 1 aromatic carbocycles. The van der Waals surface area contributed by atoms with Crippen LogP contribution in [0.3, 0.4) is 0 Å². The van der Waals surface area contributed by atoms with Gasteiger partial charge in [0.2, 0.25) is 5.91 Å². The van der Waals surface area contributed by atoms with Crippen LogP contribution in [-0.2, 0) is 4.79 Å². The number of carbonyl (C=O) groups is 1. The fourth-order valence-electron chi connectivity index (χ4n) is 3.55. The second-order valence-corrected chi connectivity index (χ2v) is 7.40. The lowest BCUT2D eigenvalue weighted by atomic mass is 10.1. The molecule has 2 atom stereocenters. The van der Waals surface area contributed by atoms with Gasteiger partial charge in [0.15, 0.2) is 0 Å². The van der Waals surface area contributed by atoms with Crippen molar-refractivity contribution in [3.63, 3.8) is 0 Å². The van der Waals surface area contributed by atoms with Gasteiger partial charge in [0.1, 0.15) is 0 Å². The lowest BCUT2D eigenvalue weighted by Gasteiger charge is -2.29. The molecule has 0 unspecified atom stereocenters. The second-order valence-electron chi connectivity index (χ2n) is 6.42. The van der Waals surface area contributed by atoms with Gasteiger partial charge in [-0.2, -0.15) is 0 Å². The van der Waals surface area contributed by atoms with Gasteiger partial charge in [-0.15, -0.1) is 11.3 Å². The minimum Gasteiger partial charge on any atom is -0.325 e. The maximum Gasteiger partial charge on any atom is 0.323 e. The van der Waals surface area contributed by atoms with Gasteiger partial charge in [-0.25, -0.2) is 4.79 Å². The average molecular weight is 356 g/mol. The minimum absolute atomic E-state index is 0.0271. The predicted molar refractivity (Wildman–Crippen MR) is 100 cm³/mol. The molecule has 0 spiro atoms. The summed E-state index contributed by atoms with van der Waals surface area (Å²) in [6.07, 6.45) is 2.20. The van der Waals surface area contributed by atoms with E-state index in [0.717, 1.165) is 24.9 Å². The van der Waals surface area contributed by atoms with E-state index in [1.165, 1.54) is 4.88 Å². The SMILES string of the molecule is C[C@@H](C(=O)Nc1ccc2[nH]c(=O)[nH]c2c1)N1CCC[C@H]1c1cccs1. The number of aromatic amines is 2. The molecule has 2 aromatic heterocycles. The van der Waals surface area contributed by atoms with Crippen LogP contribution in [0.4, 0.5) is 5.69 Å².